The molecular formula is C17H31N3O2. The van der Waals surface area contributed by atoms with Crippen LogP contribution in [0.25, 0.3) is 0 Å². The van der Waals surface area contributed by atoms with Crippen molar-refractivity contribution in [2.24, 2.45) is 5.92 Å². The van der Waals surface area contributed by atoms with E-state index in [9.17, 15) is 9.59 Å². The third-order valence-electron chi connectivity index (χ3n) is 4.95. The van der Waals surface area contributed by atoms with Crippen molar-refractivity contribution in [3.63, 3.8) is 0 Å². The summed E-state index contributed by atoms with van der Waals surface area (Å²) in [7, 11) is 0. The molecule has 1 atom stereocenters. The van der Waals surface area contributed by atoms with Crippen LogP contribution in [0.3, 0.4) is 0 Å². The molecule has 0 bridgehead atoms. The molecule has 1 aliphatic heterocycles. The van der Waals surface area contributed by atoms with E-state index >= 15 is 0 Å². The maximum absolute atomic E-state index is 12.4. The minimum absolute atomic E-state index is 0.0289. The monoisotopic (exact) mass is 309 g/mol. The zero-order chi connectivity index (χ0) is 15.8. The summed E-state index contributed by atoms with van der Waals surface area (Å²) in [5, 5.41) is 6.12. The van der Waals surface area contributed by atoms with Crippen LogP contribution in [0, 0.1) is 5.92 Å². The van der Waals surface area contributed by atoms with Gasteiger partial charge in [0.15, 0.2) is 0 Å². The zero-order valence-electron chi connectivity index (χ0n) is 13.9. The van der Waals surface area contributed by atoms with Crippen LogP contribution in [0.15, 0.2) is 0 Å². The summed E-state index contributed by atoms with van der Waals surface area (Å²) in [6, 6.07) is 0.294. The van der Waals surface area contributed by atoms with E-state index in [1.165, 1.54) is 25.7 Å². The van der Waals surface area contributed by atoms with Crippen LogP contribution in [0.1, 0.15) is 58.3 Å². The molecule has 126 valence electrons. The van der Waals surface area contributed by atoms with Crippen molar-refractivity contribution in [3.8, 4) is 0 Å². The lowest BCUT2D eigenvalue weighted by Gasteiger charge is -2.28. The third-order valence-corrected chi connectivity index (χ3v) is 4.95. The van der Waals surface area contributed by atoms with Crippen molar-refractivity contribution in [3.05, 3.63) is 0 Å². The van der Waals surface area contributed by atoms with E-state index < -0.39 is 0 Å². The van der Waals surface area contributed by atoms with Gasteiger partial charge in [0, 0.05) is 25.6 Å². The first-order chi connectivity index (χ1) is 10.7. The number of nitrogens with zero attached hydrogens (tertiary/aromatic N) is 1. The second-order valence-electron chi connectivity index (χ2n) is 6.70. The maximum Gasteiger partial charge on any atom is 0.242 e. The molecule has 1 aliphatic carbocycles. The van der Waals surface area contributed by atoms with E-state index in [2.05, 4.69) is 17.6 Å². The van der Waals surface area contributed by atoms with Gasteiger partial charge in [-0.15, -0.1) is 0 Å². The smallest absolute Gasteiger partial charge is 0.242 e. The van der Waals surface area contributed by atoms with Crippen molar-refractivity contribution in [2.45, 2.75) is 64.3 Å². The molecule has 2 amide bonds. The average molecular weight is 309 g/mol. The lowest BCUT2D eigenvalue weighted by molar-refractivity contribution is -0.134. The van der Waals surface area contributed by atoms with Gasteiger partial charge in [-0.3, -0.25) is 9.59 Å². The van der Waals surface area contributed by atoms with Crippen LogP contribution in [0.2, 0.25) is 0 Å². The molecule has 0 aromatic heterocycles. The number of amides is 2. The largest absolute Gasteiger partial charge is 0.347 e. The highest BCUT2D eigenvalue weighted by molar-refractivity contribution is 5.84. The minimum atomic E-state index is 0.0289. The molecular weight excluding hydrogens is 278 g/mol. The molecule has 1 saturated carbocycles. The van der Waals surface area contributed by atoms with Gasteiger partial charge in [0.1, 0.15) is 0 Å². The van der Waals surface area contributed by atoms with Crippen molar-refractivity contribution in [1.29, 1.82) is 0 Å². The Morgan fingerprint density at radius 1 is 1.23 bits per heavy atom. The molecule has 1 heterocycles. The number of carbonyl (C=O) groups excluding carboxylic acids is 2. The summed E-state index contributed by atoms with van der Waals surface area (Å²) in [5.41, 5.74) is 0. The molecule has 22 heavy (non-hydrogen) atoms. The molecule has 1 unspecified atom stereocenters. The zero-order valence-corrected chi connectivity index (χ0v) is 13.9. The standard InChI is InChI=1S/C17H31N3O2/c1-2-11-20(15-9-10-18-12-15)17(22)13-19-16(21)8-7-14-5-3-4-6-14/h14-15,18H,2-13H2,1H3,(H,19,21). The van der Waals surface area contributed by atoms with Crippen LogP contribution in [0.5, 0.6) is 0 Å². The van der Waals surface area contributed by atoms with Gasteiger partial charge in [0.05, 0.1) is 6.54 Å². The fourth-order valence-corrected chi connectivity index (χ4v) is 3.66. The van der Waals surface area contributed by atoms with E-state index in [0.29, 0.717) is 12.5 Å². The van der Waals surface area contributed by atoms with Gasteiger partial charge >= 0.3 is 0 Å². The maximum atomic E-state index is 12.4. The molecule has 2 fully saturated rings. The Bertz CT molecular complexity index is 361. The number of hydrogen-bond acceptors (Lipinski definition) is 3. The first-order valence-electron chi connectivity index (χ1n) is 8.97. The number of carbonyl (C=O) groups is 2. The summed E-state index contributed by atoms with van der Waals surface area (Å²) in [6.45, 7) is 4.87. The SMILES string of the molecule is CCCN(C(=O)CNC(=O)CCC1CCCC1)C1CCNC1. The Kier molecular flexibility index (Phi) is 7.16. The van der Waals surface area contributed by atoms with E-state index in [4.69, 9.17) is 0 Å². The third kappa shape index (κ3) is 5.27. The van der Waals surface area contributed by atoms with Crippen LogP contribution in [0.4, 0.5) is 0 Å². The van der Waals surface area contributed by atoms with E-state index in [0.717, 1.165) is 44.8 Å². The summed E-state index contributed by atoms with van der Waals surface area (Å²) >= 11 is 0. The quantitative estimate of drug-likeness (QED) is 0.717. The van der Waals surface area contributed by atoms with E-state index in [1.807, 2.05) is 4.90 Å². The lowest BCUT2D eigenvalue weighted by atomic mass is 10.0. The van der Waals surface area contributed by atoms with Crippen molar-refractivity contribution in [2.75, 3.05) is 26.2 Å². The topological polar surface area (TPSA) is 61.4 Å². The minimum Gasteiger partial charge on any atom is -0.347 e. The van der Waals surface area contributed by atoms with Gasteiger partial charge in [0.25, 0.3) is 0 Å². The Hall–Kier alpha value is -1.10. The molecule has 0 radical (unpaired) electrons. The fourth-order valence-electron chi connectivity index (χ4n) is 3.66. The Morgan fingerprint density at radius 2 is 2.00 bits per heavy atom. The molecule has 2 aliphatic rings. The first kappa shape index (κ1) is 17.3. The fraction of sp³-hybridized carbons (Fsp3) is 0.882. The molecule has 0 spiro atoms. The number of hydrogen-bond donors (Lipinski definition) is 2. The summed E-state index contributed by atoms with van der Waals surface area (Å²) in [6.07, 6.45) is 8.68. The second kappa shape index (κ2) is 9.13. The predicted octanol–water partition coefficient (Wildman–Crippen LogP) is 1.67. The van der Waals surface area contributed by atoms with Crippen molar-refractivity contribution < 1.29 is 9.59 Å². The van der Waals surface area contributed by atoms with Crippen molar-refractivity contribution in [1.82, 2.24) is 15.5 Å². The van der Waals surface area contributed by atoms with Gasteiger partial charge in [-0.25, -0.2) is 0 Å². The summed E-state index contributed by atoms with van der Waals surface area (Å²) in [5.74, 6) is 0.814. The molecule has 0 aromatic rings. The Morgan fingerprint density at radius 3 is 2.64 bits per heavy atom. The summed E-state index contributed by atoms with van der Waals surface area (Å²) in [4.78, 5) is 26.2. The molecule has 2 N–H and O–H groups in total. The average Bonchev–Trinajstić information content (AvgIpc) is 3.21. The lowest BCUT2D eigenvalue weighted by Crippen LogP contribution is -2.46. The number of rotatable bonds is 8. The van der Waals surface area contributed by atoms with Crippen molar-refractivity contribution >= 4 is 11.8 Å². The molecule has 0 aromatic carbocycles. The Labute approximate surface area is 134 Å². The Balaban J connectivity index is 1.68. The molecule has 5 heteroatoms. The van der Waals surface area contributed by atoms with Gasteiger partial charge in [-0.05, 0) is 31.7 Å². The highest BCUT2D eigenvalue weighted by atomic mass is 16.2. The van der Waals surface area contributed by atoms with Gasteiger partial charge in [-0.1, -0.05) is 32.6 Å². The van der Waals surface area contributed by atoms with Crippen LogP contribution >= 0.6 is 0 Å². The van der Waals surface area contributed by atoms with Gasteiger partial charge in [0.2, 0.25) is 11.8 Å². The molecule has 2 rings (SSSR count). The second-order valence-corrected chi connectivity index (χ2v) is 6.70. The van der Waals surface area contributed by atoms with Crippen LogP contribution < -0.4 is 10.6 Å². The predicted molar refractivity (Wildman–Crippen MR) is 87.5 cm³/mol. The van der Waals surface area contributed by atoms with Gasteiger partial charge < -0.3 is 15.5 Å². The van der Waals surface area contributed by atoms with E-state index in [1.54, 1.807) is 0 Å². The highest BCUT2D eigenvalue weighted by Gasteiger charge is 2.25. The van der Waals surface area contributed by atoms with Crippen LogP contribution in [-0.2, 0) is 9.59 Å². The van der Waals surface area contributed by atoms with Gasteiger partial charge in [-0.2, -0.15) is 0 Å². The highest BCUT2D eigenvalue weighted by Crippen LogP contribution is 2.28. The molecule has 5 nitrogen and oxygen atoms in total. The normalized spacial score (nSPS) is 22.0. The van der Waals surface area contributed by atoms with Crippen LogP contribution in [-0.4, -0.2) is 48.9 Å². The van der Waals surface area contributed by atoms with E-state index in [-0.39, 0.29) is 18.4 Å². The molecule has 1 saturated heterocycles. The number of nitrogens with one attached hydrogen (secondary N) is 2. The first-order valence-corrected chi connectivity index (χ1v) is 8.97. The summed E-state index contributed by atoms with van der Waals surface area (Å²) < 4.78 is 0.